The highest BCUT2D eigenvalue weighted by molar-refractivity contribution is 8.26. The third-order valence-corrected chi connectivity index (χ3v) is 4.27. The van der Waals surface area contributed by atoms with Gasteiger partial charge < -0.3 is 14.6 Å². The first-order valence-electron chi connectivity index (χ1n) is 6.06. The molecule has 1 fully saturated rings. The van der Waals surface area contributed by atoms with Gasteiger partial charge in [-0.3, -0.25) is 9.69 Å². The van der Waals surface area contributed by atoms with Crippen molar-refractivity contribution in [3.05, 3.63) is 34.7 Å². The fraction of sp³-hybridized carbons (Fsp3) is 0.214. The van der Waals surface area contributed by atoms with Crippen LogP contribution in [-0.4, -0.2) is 34.2 Å². The maximum absolute atomic E-state index is 12.2. The first kappa shape index (κ1) is 15.5. The number of hydrogen-bond donors (Lipinski definition) is 0. The van der Waals surface area contributed by atoms with Gasteiger partial charge in [0.1, 0.15) is 10.1 Å². The number of benzene rings is 1. The van der Waals surface area contributed by atoms with Crippen LogP contribution in [0.25, 0.3) is 6.08 Å². The second-order valence-electron chi connectivity index (χ2n) is 4.32. The quantitative estimate of drug-likeness (QED) is 0.609. The number of carboxylic acids is 1. The van der Waals surface area contributed by atoms with Gasteiger partial charge in [0, 0.05) is 0 Å². The summed E-state index contributed by atoms with van der Waals surface area (Å²) in [6.45, 7) is 1.37. The predicted molar refractivity (Wildman–Crippen MR) is 82.5 cm³/mol. The molecule has 1 heterocycles. The molecular weight excluding hydrogens is 310 g/mol. The molecule has 0 radical (unpaired) electrons. The van der Waals surface area contributed by atoms with Crippen LogP contribution >= 0.6 is 24.0 Å². The van der Waals surface area contributed by atoms with Gasteiger partial charge in [-0.25, -0.2) is 0 Å². The Kier molecular flexibility index (Phi) is 4.64. The molecule has 5 nitrogen and oxygen atoms in total. The number of carbonyl (C=O) groups excluding carboxylic acids is 2. The second kappa shape index (κ2) is 6.28. The maximum atomic E-state index is 12.2. The normalized spacial score (nSPS) is 18.2. The lowest BCUT2D eigenvalue weighted by molar-refractivity contribution is -0.309. The van der Waals surface area contributed by atoms with E-state index >= 15 is 0 Å². The average molecular weight is 322 g/mol. The molecule has 1 amide bonds. The van der Waals surface area contributed by atoms with Gasteiger partial charge in [-0.2, -0.15) is 0 Å². The standard InChI is InChI=1S/C14H13NO4S2/c1-8(13(17)18)15-12(16)11(21-14(15)20)7-9-4-3-5-10(6-9)19-2/h3-8H,1-2H3,(H,17,18)/p-1/b11-7-/t8-/m0/s1. The number of thiocarbonyl (C=S) groups is 1. The highest BCUT2D eigenvalue weighted by Crippen LogP contribution is 2.34. The summed E-state index contributed by atoms with van der Waals surface area (Å²) in [5.41, 5.74) is 0.774. The molecule has 7 heteroatoms. The van der Waals surface area contributed by atoms with Gasteiger partial charge in [0.2, 0.25) is 0 Å². The maximum Gasteiger partial charge on any atom is 0.266 e. The van der Waals surface area contributed by atoms with Crippen molar-refractivity contribution in [1.29, 1.82) is 0 Å². The Morgan fingerprint density at radius 3 is 2.86 bits per heavy atom. The van der Waals surface area contributed by atoms with Gasteiger partial charge in [0.15, 0.2) is 0 Å². The van der Waals surface area contributed by atoms with Gasteiger partial charge >= 0.3 is 0 Å². The van der Waals surface area contributed by atoms with Crippen molar-refractivity contribution < 1.29 is 19.4 Å². The van der Waals surface area contributed by atoms with Gasteiger partial charge in [-0.1, -0.05) is 36.1 Å². The fourth-order valence-corrected chi connectivity index (χ4v) is 3.22. The number of rotatable bonds is 4. The highest BCUT2D eigenvalue weighted by Gasteiger charge is 2.35. The summed E-state index contributed by atoms with van der Waals surface area (Å²) in [6.07, 6.45) is 1.66. The zero-order chi connectivity index (χ0) is 15.6. The van der Waals surface area contributed by atoms with Crippen LogP contribution in [0.15, 0.2) is 29.2 Å². The lowest BCUT2D eigenvalue weighted by atomic mass is 10.2. The number of carboxylic acid groups (broad SMARTS) is 1. The first-order chi connectivity index (χ1) is 9.93. The van der Waals surface area contributed by atoms with E-state index < -0.39 is 17.9 Å². The van der Waals surface area contributed by atoms with E-state index in [4.69, 9.17) is 17.0 Å². The number of carbonyl (C=O) groups is 2. The number of nitrogens with zero attached hydrogens (tertiary/aromatic N) is 1. The molecule has 0 spiro atoms. The number of amides is 1. The summed E-state index contributed by atoms with van der Waals surface area (Å²) >= 11 is 6.14. The van der Waals surface area contributed by atoms with Gasteiger partial charge in [0.05, 0.1) is 24.0 Å². The molecule has 0 N–H and O–H groups in total. The van der Waals surface area contributed by atoms with E-state index in [1.165, 1.54) is 6.92 Å². The van der Waals surface area contributed by atoms with Crippen LogP contribution < -0.4 is 9.84 Å². The molecular formula is C14H12NO4S2-. The average Bonchev–Trinajstić information content (AvgIpc) is 2.73. The van der Waals surface area contributed by atoms with Crippen LogP contribution in [0.5, 0.6) is 5.75 Å². The lowest BCUT2D eigenvalue weighted by Gasteiger charge is -2.23. The summed E-state index contributed by atoms with van der Waals surface area (Å²) in [6, 6.07) is 6.09. The molecule has 0 unspecified atom stereocenters. The molecule has 1 aromatic carbocycles. The number of ether oxygens (including phenoxy) is 1. The van der Waals surface area contributed by atoms with Crippen LogP contribution in [0.1, 0.15) is 12.5 Å². The van der Waals surface area contributed by atoms with Crippen molar-refractivity contribution >= 4 is 46.3 Å². The Bertz CT molecular complexity index is 642. The molecule has 0 bridgehead atoms. The van der Waals surface area contributed by atoms with Crippen molar-refractivity contribution in [2.45, 2.75) is 13.0 Å². The number of aliphatic carboxylic acids is 1. The fourth-order valence-electron chi connectivity index (χ4n) is 1.80. The molecule has 1 aliphatic heterocycles. The van der Waals surface area contributed by atoms with Crippen molar-refractivity contribution in [2.24, 2.45) is 0 Å². The van der Waals surface area contributed by atoms with E-state index in [0.29, 0.717) is 10.7 Å². The predicted octanol–water partition coefficient (Wildman–Crippen LogP) is 1.03. The van der Waals surface area contributed by atoms with Crippen molar-refractivity contribution in [3.8, 4) is 5.75 Å². The van der Waals surface area contributed by atoms with Crippen LogP contribution in [0.4, 0.5) is 0 Å². The van der Waals surface area contributed by atoms with E-state index in [1.54, 1.807) is 31.4 Å². The third kappa shape index (κ3) is 3.25. The zero-order valence-corrected chi connectivity index (χ0v) is 13.0. The van der Waals surface area contributed by atoms with Crippen LogP contribution in [-0.2, 0) is 9.59 Å². The molecule has 0 aromatic heterocycles. The van der Waals surface area contributed by atoms with E-state index in [0.717, 1.165) is 22.2 Å². The molecule has 1 aliphatic rings. The van der Waals surface area contributed by atoms with E-state index in [1.807, 2.05) is 6.07 Å². The lowest BCUT2D eigenvalue weighted by Crippen LogP contribution is -2.48. The minimum absolute atomic E-state index is 0.214. The summed E-state index contributed by atoms with van der Waals surface area (Å²) in [4.78, 5) is 24.6. The van der Waals surface area contributed by atoms with Gasteiger partial charge in [-0.15, -0.1) is 0 Å². The van der Waals surface area contributed by atoms with Crippen LogP contribution in [0, 0.1) is 0 Å². The largest absolute Gasteiger partial charge is 0.548 e. The van der Waals surface area contributed by atoms with Gasteiger partial charge in [-0.05, 0) is 30.7 Å². The van der Waals surface area contributed by atoms with E-state index in [2.05, 4.69) is 0 Å². The molecule has 0 aliphatic carbocycles. The Hall–Kier alpha value is -1.86. The first-order valence-corrected chi connectivity index (χ1v) is 7.28. The van der Waals surface area contributed by atoms with Crippen molar-refractivity contribution in [1.82, 2.24) is 4.90 Å². The smallest absolute Gasteiger partial charge is 0.266 e. The number of thioether (sulfide) groups is 1. The Morgan fingerprint density at radius 1 is 1.52 bits per heavy atom. The van der Waals surface area contributed by atoms with Crippen LogP contribution in [0.2, 0.25) is 0 Å². The van der Waals surface area contributed by atoms with Crippen LogP contribution in [0.3, 0.4) is 0 Å². The number of methoxy groups -OCH3 is 1. The molecule has 110 valence electrons. The molecule has 1 aromatic rings. The summed E-state index contributed by atoms with van der Waals surface area (Å²) in [5, 5.41) is 10.9. The SMILES string of the molecule is COc1cccc(/C=C2\SC(=S)N([C@@H](C)C(=O)[O-])C2=O)c1. The molecule has 2 rings (SSSR count). The minimum Gasteiger partial charge on any atom is -0.548 e. The van der Waals surface area contributed by atoms with Crippen molar-refractivity contribution in [2.75, 3.05) is 7.11 Å². The Balaban J connectivity index is 2.29. The topological polar surface area (TPSA) is 69.7 Å². The van der Waals surface area contributed by atoms with E-state index in [-0.39, 0.29) is 4.32 Å². The monoisotopic (exact) mass is 322 g/mol. The molecule has 0 saturated carbocycles. The Labute approximate surface area is 131 Å². The summed E-state index contributed by atoms with van der Waals surface area (Å²) < 4.78 is 5.33. The third-order valence-electron chi connectivity index (χ3n) is 2.94. The van der Waals surface area contributed by atoms with Crippen molar-refractivity contribution in [3.63, 3.8) is 0 Å². The number of hydrogen-bond acceptors (Lipinski definition) is 6. The Morgan fingerprint density at radius 2 is 2.24 bits per heavy atom. The molecule has 1 atom stereocenters. The minimum atomic E-state index is -1.34. The van der Waals surface area contributed by atoms with E-state index in [9.17, 15) is 14.7 Å². The zero-order valence-electron chi connectivity index (χ0n) is 11.4. The summed E-state index contributed by atoms with van der Waals surface area (Å²) in [7, 11) is 1.56. The molecule has 1 saturated heterocycles. The second-order valence-corrected chi connectivity index (χ2v) is 6.00. The highest BCUT2D eigenvalue weighted by atomic mass is 32.2. The van der Waals surface area contributed by atoms with Gasteiger partial charge in [0.25, 0.3) is 5.91 Å². The molecule has 21 heavy (non-hydrogen) atoms. The summed E-state index contributed by atoms with van der Waals surface area (Å²) in [5.74, 6) is -1.10.